The first kappa shape index (κ1) is 18.9. The highest BCUT2D eigenvalue weighted by molar-refractivity contribution is 6.06. The molecule has 146 valence electrons. The molecule has 1 unspecified atom stereocenters. The average Bonchev–Trinajstić information content (AvgIpc) is 2.83. The van der Waals surface area contributed by atoms with E-state index in [1.807, 2.05) is 0 Å². The second kappa shape index (κ2) is 6.67. The van der Waals surface area contributed by atoms with Crippen molar-refractivity contribution in [2.24, 2.45) is 0 Å². The van der Waals surface area contributed by atoms with Gasteiger partial charge in [-0.15, -0.1) is 8.78 Å². The van der Waals surface area contributed by atoms with Gasteiger partial charge in [0.1, 0.15) is 6.04 Å². The molecule has 1 fully saturated rings. The zero-order chi connectivity index (χ0) is 19.9. The van der Waals surface area contributed by atoms with Gasteiger partial charge in [-0.25, -0.2) is 14.5 Å². The van der Waals surface area contributed by atoms with E-state index in [4.69, 9.17) is 4.74 Å². The maximum atomic E-state index is 13.1. The molecule has 1 aromatic carbocycles. The van der Waals surface area contributed by atoms with Gasteiger partial charge in [-0.2, -0.15) is 0 Å². The predicted octanol–water partition coefficient (Wildman–Crippen LogP) is 2.33. The number of rotatable bonds is 4. The Morgan fingerprint density at radius 2 is 1.93 bits per heavy atom. The van der Waals surface area contributed by atoms with Gasteiger partial charge in [-0.05, 0) is 38.5 Å². The summed E-state index contributed by atoms with van der Waals surface area (Å²) in [6.07, 6.45) is -4.21. The van der Waals surface area contributed by atoms with Gasteiger partial charge in [-0.1, -0.05) is 6.07 Å². The van der Waals surface area contributed by atoms with Gasteiger partial charge in [0.15, 0.2) is 11.5 Å². The fraction of sp³-hybridized carbons (Fsp3) is 0.471. The van der Waals surface area contributed by atoms with E-state index in [-0.39, 0.29) is 24.0 Å². The van der Waals surface area contributed by atoms with Crippen LogP contribution >= 0.6 is 0 Å². The molecule has 2 heterocycles. The first-order valence-corrected chi connectivity index (χ1v) is 8.30. The molecular weight excluding hydrogens is 366 g/mol. The van der Waals surface area contributed by atoms with Crippen molar-refractivity contribution < 1.29 is 37.4 Å². The number of likely N-dealkylation sites (tertiary alicyclic amines) is 1. The van der Waals surface area contributed by atoms with Crippen molar-refractivity contribution >= 4 is 17.9 Å². The highest BCUT2D eigenvalue weighted by Crippen LogP contribution is 2.42. The average molecular weight is 384 g/mol. The number of nitrogens with one attached hydrogen (secondary N) is 1. The molecule has 2 aliphatic rings. The van der Waals surface area contributed by atoms with Crippen LogP contribution in [0.4, 0.5) is 13.6 Å². The summed E-state index contributed by atoms with van der Waals surface area (Å²) in [6, 6.07) is 1.71. The van der Waals surface area contributed by atoms with Crippen LogP contribution in [0.15, 0.2) is 18.2 Å². The van der Waals surface area contributed by atoms with Gasteiger partial charge >= 0.3 is 18.3 Å². The lowest BCUT2D eigenvalue weighted by Crippen LogP contribution is -2.62. The van der Waals surface area contributed by atoms with E-state index >= 15 is 0 Å². The third-order valence-electron chi connectivity index (χ3n) is 4.06. The number of amides is 3. The largest absolute Gasteiger partial charge is 0.586 e. The van der Waals surface area contributed by atoms with Crippen LogP contribution in [0.1, 0.15) is 38.8 Å². The fourth-order valence-corrected chi connectivity index (χ4v) is 2.74. The minimum Gasteiger partial charge on any atom is -0.461 e. The summed E-state index contributed by atoms with van der Waals surface area (Å²) in [4.78, 5) is 36.9. The second-order valence-corrected chi connectivity index (χ2v) is 6.51. The summed E-state index contributed by atoms with van der Waals surface area (Å²) >= 11 is 0. The number of fused-ring (bicyclic) bond motifs is 1. The van der Waals surface area contributed by atoms with Crippen LogP contribution in [0.2, 0.25) is 0 Å². The monoisotopic (exact) mass is 384 g/mol. The molecule has 1 saturated heterocycles. The van der Waals surface area contributed by atoms with Crippen LogP contribution in [0.5, 0.6) is 11.5 Å². The van der Waals surface area contributed by atoms with Gasteiger partial charge in [0.2, 0.25) is 5.91 Å². The Kier molecular flexibility index (Phi) is 4.66. The molecule has 2 atom stereocenters. The number of β-lactam (4-membered cyclic amide) rings is 1. The summed E-state index contributed by atoms with van der Waals surface area (Å²) in [5, 5.41) is 2.55. The van der Waals surface area contributed by atoms with E-state index < -0.39 is 36.3 Å². The van der Waals surface area contributed by atoms with Crippen molar-refractivity contribution in [3.8, 4) is 11.5 Å². The minimum absolute atomic E-state index is 0.105. The molecule has 0 bridgehead atoms. The maximum Gasteiger partial charge on any atom is 0.586 e. The lowest BCUT2D eigenvalue weighted by Gasteiger charge is -2.37. The lowest BCUT2D eigenvalue weighted by atomic mass is 10.0. The van der Waals surface area contributed by atoms with E-state index in [2.05, 4.69) is 14.8 Å². The Bertz CT molecular complexity index is 798. The zero-order valence-electron chi connectivity index (χ0n) is 14.8. The molecule has 1 N–H and O–H groups in total. The number of esters is 1. The summed E-state index contributed by atoms with van der Waals surface area (Å²) in [5.74, 6) is -1.43. The molecule has 3 rings (SSSR count). The first-order chi connectivity index (χ1) is 12.6. The quantitative estimate of drug-likeness (QED) is 0.633. The van der Waals surface area contributed by atoms with Crippen molar-refractivity contribution in [1.82, 2.24) is 10.2 Å². The highest BCUT2D eigenvalue weighted by atomic mass is 19.3. The van der Waals surface area contributed by atoms with Crippen molar-refractivity contribution in [3.05, 3.63) is 23.8 Å². The van der Waals surface area contributed by atoms with Crippen LogP contribution < -0.4 is 14.8 Å². The Balaban J connectivity index is 1.66. The van der Waals surface area contributed by atoms with E-state index in [0.717, 1.165) is 4.90 Å². The van der Waals surface area contributed by atoms with Crippen LogP contribution in [-0.2, 0) is 14.3 Å². The Labute approximate surface area is 153 Å². The van der Waals surface area contributed by atoms with E-state index in [0.29, 0.717) is 5.56 Å². The number of benzene rings is 1. The van der Waals surface area contributed by atoms with Gasteiger partial charge in [0, 0.05) is 0 Å². The third kappa shape index (κ3) is 3.79. The van der Waals surface area contributed by atoms with E-state index in [1.54, 1.807) is 20.8 Å². The number of hydrogen-bond donors (Lipinski definition) is 1. The van der Waals surface area contributed by atoms with Crippen LogP contribution in [-0.4, -0.2) is 41.2 Å². The highest BCUT2D eigenvalue weighted by Gasteiger charge is 2.47. The molecule has 10 heteroatoms. The number of carbonyl (C=O) groups is 3. The summed E-state index contributed by atoms with van der Waals surface area (Å²) in [6.45, 7) is 4.92. The summed E-state index contributed by atoms with van der Waals surface area (Å²) in [7, 11) is 0. The van der Waals surface area contributed by atoms with Crippen molar-refractivity contribution in [2.75, 3.05) is 0 Å². The van der Waals surface area contributed by atoms with Gasteiger partial charge in [0.05, 0.1) is 18.6 Å². The topological polar surface area (TPSA) is 94.2 Å². The lowest BCUT2D eigenvalue weighted by molar-refractivity contribution is -0.286. The van der Waals surface area contributed by atoms with Gasteiger partial charge in [0.25, 0.3) is 0 Å². The molecule has 1 aromatic rings. The normalized spacial score (nSPS) is 20.9. The number of halogens is 2. The predicted molar refractivity (Wildman–Crippen MR) is 86.1 cm³/mol. The molecule has 2 aliphatic heterocycles. The molecule has 0 aliphatic carbocycles. The van der Waals surface area contributed by atoms with Crippen molar-refractivity contribution in [3.63, 3.8) is 0 Å². The number of nitrogens with zero attached hydrogens (tertiary/aromatic N) is 1. The maximum absolute atomic E-state index is 13.1. The van der Waals surface area contributed by atoms with E-state index in [9.17, 15) is 23.2 Å². The molecule has 0 spiro atoms. The zero-order valence-corrected chi connectivity index (χ0v) is 14.8. The van der Waals surface area contributed by atoms with Crippen LogP contribution in [0.3, 0.4) is 0 Å². The smallest absolute Gasteiger partial charge is 0.461 e. The standard InChI is InChI=1S/C17H18F2N2O6/c1-8(2)25-15(23)11-7-14(22)21(11)16(24)20-9(3)10-4-5-12-13(6-10)27-17(18,19)26-12/h4-6,8-9,11H,7H2,1-3H3,(H,20,24)/t9?,11-/m0/s1. The molecule has 8 nitrogen and oxygen atoms in total. The number of ether oxygens (including phenoxy) is 3. The number of hydrogen-bond acceptors (Lipinski definition) is 6. The number of carbonyl (C=O) groups excluding carboxylic acids is 3. The van der Waals surface area contributed by atoms with Crippen molar-refractivity contribution in [2.45, 2.75) is 51.7 Å². The Morgan fingerprint density at radius 1 is 1.26 bits per heavy atom. The SMILES string of the molecule is CC(C)OC(=O)[C@@H]1CC(=O)N1C(=O)NC(C)c1ccc2c(c1)OC(F)(F)O2. The molecule has 27 heavy (non-hydrogen) atoms. The number of imide groups is 1. The minimum atomic E-state index is -3.73. The Morgan fingerprint density at radius 3 is 2.56 bits per heavy atom. The molecule has 0 aromatic heterocycles. The first-order valence-electron chi connectivity index (χ1n) is 8.30. The summed E-state index contributed by atoms with van der Waals surface area (Å²) in [5.41, 5.74) is 0.456. The second-order valence-electron chi connectivity index (χ2n) is 6.51. The molecule has 3 amide bonds. The number of urea groups is 1. The molecular formula is C17H18F2N2O6. The van der Waals surface area contributed by atoms with Gasteiger partial charge < -0.3 is 19.5 Å². The van der Waals surface area contributed by atoms with Crippen molar-refractivity contribution in [1.29, 1.82) is 0 Å². The number of alkyl halides is 2. The van der Waals surface area contributed by atoms with Gasteiger partial charge in [-0.3, -0.25) is 4.79 Å². The summed E-state index contributed by atoms with van der Waals surface area (Å²) < 4.78 is 39.9. The van der Waals surface area contributed by atoms with E-state index in [1.165, 1.54) is 18.2 Å². The van der Waals surface area contributed by atoms with Crippen LogP contribution in [0, 0.1) is 0 Å². The molecule has 0 radical (unpaired) electrons. The van der Waals surface area contributed by atoms with Crippen LogP contribution in [0.25, 0.3) is 0 Å². The Hall–Kier alpha value is -2.91. The fourth-order valence-electron chi connectivity index (χ4n) is 2.74. The third-order valence-corrected chi connectivity index (χ3v) is 4.06. The molecule has 0 saturated carbocycles.